The first kappa shape index (κ1) is 19.6. The van der Waals surface area contributed by atoms with Crippen LogP contribution in [0.2, 0.25) is 0 Å². The number of carbonyl (C=O) groups is 2. The van der Waals surface area contributed by atoms with Crippen molar-refractivity contribution in [1.82, 2.24) is 10.6 Å². The Morgan fingerprint density at radius 1 is 1.23 bits per heavy atom. The van der Waals surface area contributed by atoms with Gasteiger partial charge in [-0.15, -0.1) is 0 Å². The molecule has 0 saturated carbocycles. The van der Waals surface area contributed by atoms with Gasteiger partial charge in [-0.3, -0.25) is 0 Å². The lowest BCUT2D eigenvalue weighted by molar-refractivity contribution is -0.141. The first-order valence-electron chi connectivity index (χ1n) is 8.46. The van der Waals surface area contributed by atoms with Crippen molar-refractivity contribution in [1.29, 1.82) is 0 Å². The standard InChI is InChI=1S/C18H24N2O6/c1-4-24-8-9-26-17(22)15-11(3)19-18(23)20-16(15)12-6-7-13(21)14(10-12)25-5-2/h6-7,10,16,21H,4-5,8-9H2,1-3H3,(H2,19,20,23)/t16-/m0/s1. The molecule has 1 aromatic rings. The van der Waals surface area contributed by atoms with Gasteiger partial charge in [0, 0.05) is 12.3 Å². The molecule has 2 amide bonds. The molecule has 3 N–H and O–H groups in total. The fourth-order valence-electron chi connectivity index (χ4n) is 2.61. The van der Waals surface area contributed by atoms with E-state index in [9.17, 15) is 14.7 Å². The number of aromatic hydroxyl groups is 1. The van der Waals surface area contributed by atoms with Gasteiger partial charge in [0.15, 0.2) is 11.5 Å². The minimum absolute atomic E-state index is 0.0163. The van der Waals surface area contributed by atoms with E-state index in [2.05, 4.69) is 10.6 Å². The summed E-state index contributed by atoms with van der Waals surface area (Å²) in [7, 11) is 0. The van der Waals surface area contributed by atoms with Crippen LogP contribution in [0.4, 0.5) is 4.79 Å². The highest BCUT2D eigenvalue weighted by molar-refractivity contribution is 5.95. The highest BCUT2D eigenvalue weighted by Gasteiger charge is 2.32. The molecular formula is C18H24N2O6. The zero-order chi connectivity index (χ0) is 19.1. The predicted molar refractivity (Wildman–Crippen MR) is 93.8 cm³/mol. The first-order chi connectivity index (χ1) is 12.5. The predicted octanol–water partition coefficient (Wildman–Crippen LogP) is 2.00. The number of ether oxygens (including phenoxy) is 3. The van der Waals surface area contributed by atoms with E-state index >= 15 is 0 Å². The largest absolute Gasteiger partial charge is 0.504 e. The zero-order valence-electron chi connectivity index (χ0n) is 15.1. The van der Waals surface area contributed by atoms with Crippen molar-refractivity contribution in [3.8, 4) is 11.5 Å². The minimum atomic E-state index is -0.719. The minimum Gasteiger partial charge on any atom is -0.504 e. The van der Waals surface area contributed by atoms with Crippen molar-refractivity contribution in [2.45, 2.75) is 26.8 Å². The van der Waals surface area contributed by atoms with Crippen LogP contribution in [0.25, 0.3) is 0 Å². The van der Waals surface area contributed by atoms with E-state index in [-0.39, 0.29) is 23.7 Å². The van der Waals surface area contributed by atoms with Gasteiger partial charge in [0.25, 0.3) is 0 Å². The first-order valence-corrected chi connectivity index (χ1v) is 8.46. The normalized spacial score (nSPS) is 16.7. The summed E-state index contributed by atoms with van der Waals surface area (Å²) < 4.78 is 15.8. The Hall–Kier alpha value is -2.74. The molecule has 0 unspecified atom stereocenters. The fraction of sp³-hybridized carbons (Fsp3) is 0.444. The van der Waals surface area contributed by atoms with Gasteiger partial charge in [0.2, 0.25) is 0 Å². The van der Waals surface area contributed by atoms with E-state index in [4.69, 9.17) is 14.2 Å². The second-order valence-corrected chi connectivity index (χ2v) is 5.56. The van der Waals surface area contributed by atoms with Gasteiger partial charge in [-0.2, -0.15) is 0 Å². The molecule has 8 nitrogen and oxygen atoms in total. The van der Waals surface area contributed by atoms with Crippen LogP contribution in [0.1, 0.15) is 32.4 Å². The van der Waals surface area contributed by atoms with Crippen LogP contribution < -0.4 is 15.4 Å². The van der Waals surface area contributed by atoms with Crippen molar-refractivity contribution in [3.05, 3.63) is 35.0 Å². The molecule has 0 saturated heterocycles. The SMILES string of the molecule is CCOCCOC(=O)C1=C(C)NC(=O)N[C@H]1c1ccc(O)c(OCC)c1. The quantitative estimate of drug-likeness (QED) is 0.481. The monoisotopic (exact) mass is 364 g/mol. The summed E-state index contributed by atoms with van der Waals surface area (Å²) in [5.74, 6) is -0.289. The molecule has 1 aromatic carbocycles. The smallest absolute Gasteiger partial charge is 0.338 e. The maximum atomic E-state index is 12.5. The lowest BCUT2D eigenvalue weighted by atomic mass is 9.95. The molecule has 1 atom stereocenters. The molecule has 0 aromatic heterocycles. The third kappa shape index (κ3) is 4.66. The Kier molecular flexibility index (Phi) is 6.85. The average Bonchev–Trinajstić information content (AvgIpc) is 2.60. The topological polar surface area (TPSA) is 106 Å². The number of benzene rings is 1. The summed E-state index contributed by atoms with van der Waals surface area (Å²) in [6.07, 6.45) is 0. The van der Waals surface area contributed by atoms with Gasteiger partial charge < -0.3 is 30.0 Å². The number of phenolic OH excluding ortho intramolecular Hbond substituents is 1. The molecule has 26 heavy (non-hydrogen) atoms. The fourth-order valence-corrected chi connectivity index (χ4v) is 2.61. The van der Waals surface area contributed by atoms with Gasteiger partial charge in [-0.1, -0.05) is 6.07 Å². The number of hydrogen-bond acceptors (Lipinski definition) is 6. The molecule has 2 rings (SSSR count). The van der Waals surface area contributed by atoms with E-state index in [1.165, 1.54) is 6.07 Å². The Balaban J connectivity index is 2.29. The van der Waals surface area contributed by atoms with Gasteiger partial charge >= 0.3 is 12.0 Å². The van der Waals surface area contributed by atoms with Crippen molar-refractivity contribution < 1.29 is 28.9 Å². The second kappa shape index (κ2) is 9.10. The third-order valence-corrected chi connectivity index (χ3v) is 3.77. The number of phenols is 1. The second-order valence-electron chi connectivity index (χ2n) is 5.56. The molecule has 1 heterocycles. The van der Waals surface area contributed by atoms with Crippen LogP contribution in [-0.4, -0.2) is 43.5 Å². The average molecular weight is 364 g/mol. The molecule has 0 bridgehead atoms. The van der Waals surface area contributed by atoms with Crippen molar-refractivity contribution in [2.75, 3.05) is 26.4 Å². The molecule has 0 spiro atoms. The molecule has 0 radical (unpaired) electrons. The van der Waals surface area contributed by atoms with Crippen LogP contribution in [0.15, 0.2) is 29.5 Å². The van der Waals surface area contributed by atoms with E-state index in [1.807, 2.05) is 6.92 Å². The number of nitrogens with one attached hydrogen (secondary N) is 2. The summed E-state index contributed by atoms with van der Waals surface area (Å²) in [4.78, 5) is 24.4. The summed E-state index contributed by atoms with van der Waals surface area (Å²) in [5, 5.41) is 15.2. The Morgan fingerprint density at radius 3 is 2.69 bits per heavy atom. The van der Waals surface area contributed by atoms with Crippen molar-refractivity contribution in [2.24, 2.45) is 0 Å². The maximum absolute atomic E-state index is 12.5. The summed E-state index contributed by atoms with van der Waals surface area (Å²) in [5.41, 5.74) is 1.29. The van der Waals surface area contributed by atoms with E-state index < -0.39 is 18.0 Å². The Bertz CT molecular complexity index is 701. The lowest BCUT2D eigenvalue weighted by Crippen LogP contribution is -2.45. The maximum Gasteiger partial charge on any atom is 0.338 e. The van der Waals surface area contributed by atoms with Crippen LogP contribution in [0, 0.1) is 0 Å². The molecule has 0 fully saturated rings. The van der Waals surface area contributed by atoms with E-state index in [0.29, 0.717) is 31.1 Å². The van der Waals surface area contributed by atoms with Gasteiger partial charge in [0.1, 0.15) is 6.61 Å². The van der Waals surface area contributed by atoms with E-state index in [0.717, 1.165) is 0 Å². The molecule has 8 heteroatoms. The van der Waals surface area contributed by atoms with Crippen LogP contribution in [-0.2, 0) is 14.3 Å². The highest BCUT2D eigenvalue weighted by atomic mass is 16.6. The summed E-state index contributed by atoms with van der Waals surface area (Å²) in [6, 6.07) is 3.53. The number of rotatable bonds is 8. The lowest BCUT2D eigenvalue weighted by Gasteiger charge is -2.28. The molecule has 1 aliphatic heterocycles. The molecule has 1 aliphatic rings. The van der Waals surface area contributed by atoms with Crippen molar-refractivity contribution >= 4 is 12.0 Å². The Labute approximate surface area is 152 Å². The number of allylic oxidation sites excluding steroid dienone is 1. The molecular weight excluding hydrogens is 340 g/mol. The number of urea groups is 1. The highest BCUT2D eigenvalue weighted by Crippen LogP contribution is 2.34. The van der Waals surface area contributed by atoms with Gasteiger partial charge in [0.05, 0.1) is 24.8 Å². The van der Waals surface area contributed by atoms with Crippen LogP contribution in [0.5, 0.6) is 11.5 Å². The van der Waals surface area contributed by atoms with Gasteiger partial charge in [-0.25, -0.2) is 9.59 Å². The van der Waals surface area contributed by atoms with E-state index in [1.54, 1.807) is 26.0 Å². The molecule has 142 valence electrons. The molecule has 0 aliphatic carbocycles. The summed E-state index contributed by atoms with van der Waals surface area (Å²) >= 11 is 0. The number of amides is 2. The third-order valence-electron chi connectivity index (χ3n) is 3.77. The van der Waals surface area contributed by atoms with Crippen LogP contribution >= 0.6 is 0 Å². The number of esters is 1. The number of hydrogen-bond donors (Lipinski definition) is 3. The van der Waals surface area contributed by atoms with Crippen LogP contribution in [0.3, 0.4) is 0 Å². The van der Waals surface area contributed by atoms with Crippen molar-refractivity contribution in [3.63, 3.8) is 0 Å². The summed E-state index contributed by atoms with van der Waals surface area (Å²) in [6.45, 7) is 6.60. The van der Waals surface area contributed by atoms with Gasteiger partial charge in [-0.05, 0) is 38.5 Å². The number of carbonyl (C=O) groups excluding carboxylic acids is 2. The zero-order valence-corrected chi connectivity index (χ0v) is 15.1. The Morgan fingerprint density at radius 2 is 2.00 bits per heavy atom.